The number of nitrogens with two attached hydrogens (primary N) is 1. The molecule has 1 unspecified atom stereocenters. The third-order valence-corrected chi connectivity index (χ3v) is 2.44. The van der Waals surface area contributed by atoms with Crippen LogP contribution in [0.5, 0.6) is 0 Å². The van der Waals surface area contributed by atoms with Crippen LogP contribution >= 0.6 is 11.8 Å². The fraction of sp³-hybridized carbons (Fsp3) is 0.889. The van der Waals surface area contributed by atoms with Crippen LogP contribution in [0.1, 0.15) is 20.3 Å². The lowest BCUT2D eigenvalue weighted by atomic mass is 9.98. The second-order valence-electron chi connectivity index (χ2n) is 3.54. The predicted molar refractivity (Wildman–Crippen MR) is 57.1 cm³/mol. The second kappa shape index (κ2) is 6.27. The van der Waals surface area contributed by atoms with Gasteiger partial charge in [-0.1, -0.05) is 0 Å². The third kappa shape index (κ3) is 4.34. The number of rotatable bonds is 6. The molecular weight excluding hydrogens is 224 g/mol. The van der Waals surface area contributed by atoms with Crippen LogP contribution in [-0.4, -0.2) is 36.0 Å². The van der Waals surface area contributed by atoms with Crippen molar-refractivity contribution in [1.29, 1.82) is 0 Å². The number of halogens is 2. The van der Waals surface area contributed by atoms with E-state index in [1.165, 1.54) is 11.8 Å². The number of carbonyl (C=O) groups is 1. The Balaban J connectivity index is 4.55. The van der Waals surface area contributed by atoms with E-state index in [0.717, 1.165) is 0 Å². The smallest absolute Gasteiger partial charge is 0.332 e. The first-order valence-corrected chi connectivity index (χ1v) is 6.01. The van der Waals surface area contributed by atoms with Crippen LogP contribution in [0, 0.1) is 0 Å². The van der Waals surface area contributed by atoms with Crippen LogP contribution in [0.2, 0.25) is 0 Å². The first-order chi connectivity index (χ1) is 6.84. The van der Waals surface area contributed by atoms with Crippen molar-refractivity contribution in [3.05, 3.63) is 0 Å². The Morgan fingerprint density at radius 2 is 2.07 bits per heavy atom. The molecule has 0 bridgehead atoms. The van der Waals surface area contributed by atoms with Gasteiger partial charge in [0.1, 0.15) is 0 Å². The van der Waals surface area contributed by atoms with Crippen molar-refractivity contribution >= 4 is 17.7 Å². The summed E-state index contributed by atoms with van der Waals surface area (Å²) in [6.45, 7) is 3.19. The molecule has 6 heteroatoms. The van der Waals surface area contributed by atoms with Crippen LogP contribution in [-0.2, 0) is 9.53 Å². The van der Waals surface area contributed by atoms with Gasteiger partial charge in [0.25, 0.3) is 6.43 Å². The summed E-state index contributed by atoms with van der Waals surface area (Å²) in [6, 6.07) is 0. The maximum atomic E-state index is 12.7. The van der Waals surface area contributed by atoms with Gasteiger partial charge in [0.05, 0.1) is 6.10 Å². The standard InChI is InChI=1S/C9H17F2NO2S/c1-6(2)14-8(13)9(12,7(10)11)4-5-15-3/h6-7H,4-5,12H2,1-3H3. The molecule has 15 heavy (non-hydrogen) atoms. The minimum atomic E-state index is -2.91. The van der Waals surface area contributed by atoms with Crippen molar-refractivity contribution in [2.75, 3.05) is 12.0 Å². The molecule has 0 aliphatic carbocycles. The Hall–Kier alpha value is -0.360. The van der Waals surface area contributed by atoms with Crippen molar-refractivity contribution < 1.29 is 18.3 Å². The maximum absolute atomic E-state index is 12.7. The molecule has 1 atom stereocenters. The molecular formula is C9H17F2NO2S. The summed E-state index contributed by atoms with van der Waals surface area (Å²) >= 11 is 1.36. The van der Waals surface area contributed by atoms with E-state index in [1.54, 1.807) is 20.1 Å². The SMILES string of the molecule is CSCCC(N)(C(=O)OC(C)C)C(F)F. The molecule has 0 aromatic carbocycles. The van der Waals surface area contributed by atoms with Gasteiger partial charge in [-0.3, -0.25) is 0 Å². The van der Waals surface area contributed by atoms with Crippen LogP contribution in [0.3, 0.4) is 0 Å². The number of thioether (sulfide) groups is 1. The molecule has 0 amide bonds. The largest absolute Gasteiger partial charge is 0.461 e. The molecule has 90 valence electrons. The van der Waals surface area contributed by atoms with Gasteiger partial charge in [0, 0.05) is 0 Å². The molecule has 0 rings (SSSR count). The van der Waals surface area contributed by atoms with E-state index in [9.17, 15) is 13.6 Å². The Kier molecular flexibility index (Phi) is 6.12. The highest BCUT2D eigenvalue weighted by Gasteiger charge is 2.44. The van der Waals surface area contributed by atoms with Crippen molar-refractivity contribution in [3.63, 3.8) is 0 Å². The summed E-state index contributed by atoms with van der Waals surface area (Å²) in [5.74, 6) is -0.629. The normalized spacial score (nSPS) is 15.5. The fourth-order valence-corrected chi connectivity index (χ4v) is 1.44. The molecule has 0 saturated carbocycles. The number of hydrogen-bond acceptors (Lipinski definition) is 4. The monoisotopic (exact) mass is 241 g/mol. The van der Waals surface area contributed by atoms with E-state index in [4.69, 9.17) is 10.5 Å². The summed E-state index contributed by atoms with van der Waals surface area (Å²) in [7, 11) is 0. The van der Waals surface area contributed by atoms with E-state index >= 15 is 0 Å². The van der Waals surface area contributed by atoms with Crippen molar-refractivity contribution in [2.24, 2.45) is 5.73 Å². The zero-order valence-electron chi connectivity index (χ0n) is 9.13. The van der Waals surface area contributed by atoms with E-state index < -0.39 is 24.0 Å². The molecule has 0 fully saturated rings. The van der Waals surface area contributed by atoms with Crippen LogP contribution < -0.4 is 5.73 Å². The third-order valence-electron chi connectivity index (χ3n) is 1.83. The first-order valence-electron chi connectivity index (χ1n) is 4.61. The summed E-state index contributed by atoms with van der Waals surface area (Å²) in [4.78, 5) is 11.4. The molecule has 3 nitrogen and oxygen atoms in total. The van der Waals surface area contributed by atoms with Gasteiger partial charge < -0.3 is 10.5 Å². The summed E-state index contributed by atoms with van der Waals surface area (Å²) in [5.41, 5.74) is 3.21. The zero-order chi connectivity index (χ0) is 12.1. The quantitative estimate of drug-likeness (QED) is 0.718. The summed E-state index contributed by atoms with van der Waals surface area (Å²) < 4.78 is 30.1. The highest BCUT2D eigenvalue weighted by molar-refractivity contribution is 7.98. The lowest BCUT2D eigenvalue weighted by Crippen LogP contribution is -2.56. The van der Waals surface area contributed by atoms with Crippen LogP contribution in [0.15, 0.2) is 0 Å². The summed E-state index contributed by atoms with van der Waals surface area (Å²) in [6.07, 6.45) is -1.67. The topological polar surface area (TPSA) is 52.3 Å². The Morgan fingerprint density at radius 1 is 1.53 bits per heavy atom. The number of carbonyl (C=O) groups excluding carboxylic acids is 1. The molecule has 0 heterocycles. The number of hydrogen-bond donors (Lipinski definition) is 1. The van der Waals surface area contributed by atoms with Gasteiger partial charge in [-0.2, -0.15) is 11.8 Å². The number of esters is 1. The molecule has 0 aliphatic rings. The molecule has 0 aromatic rings. The highest BCUT2D eigenvalue weighted by atomic mass is 32.2. The number of ether oxygens (including phenoxy) is 1. The molecule has 2 N–H and O–H groups in total. The van der Waals surface area contributed by atoms with Crippen LogP contribution in [0.25, 0.3) is 0 Å². The first kappa shape index (κ1) is 14.6. The fourth-order valence-electron chi connectivity index (χ4n) is 0.895. The second-order valence-corrected chi connectivity index (χ2v) is 4.52. The van der Waals surface area contributed by atoms with Gasteiger partial charge in [0.15, 0.2) is 5.54 Å². The van der Waals surface area contributed by atoms with E-state index in [-0.39, 0.29) is 6.42 Å². The van der Waals surface area contributed by atoms with Gasteiger partial charge in [-0.15, -0.1) is 0 Å². The van der Waals surface area contributed by atoms with Crippen molar-refractivity contribution in [1.82, 2.24) is 0 Å². The summed E-state index contributed by atoms with van der Waals surface area (Å²) in [5, 5.41) is 0. The average molecular weight is 241 g/mol. The van der Waals surface area contributed by atoms with Gasteiger partial charge in [-0.05, 0) is 32.3 Å². The Bertz CT molecular complexity index is 214. The molecule has 0 radical (unpaired) electrons. The minimum Gasteiger partial charge on any atom is -0.461 e. The maximum Gasteiger partial charge on any atom is 0.332 e. The molecule has 0 aliphatic heterocycles. The Labute approximate surface area is 92.7 Å². The van der Waals surface area contributed by atoms with Gasteiger partial charge in [-0.25, -0.2) is 13.6 Å². The van der Waals surface area contributed by atoms with Crippen molar-refractivity contribution in [3.8, 4) is 0 Å². The van der Waals surface area contributed by atoms with Gasteiger partial charge in [0.2, 0.25) is 0 Å². The highest BCUT2D eigenvalue weighted by Crippen LogP contribution is 2.21. The lowest BCUT2D eigenvalue weighted by molar-refractivity contribution is -0.160. The zero-order valence-corrected chi connectivity index (χ0v) is 9.94. The molecule has 0 saturated heterocycles. The lowest BCUT2D eigenvalue weighted by Gasteiger charge is -2.26. The van der Waals surface area contributed by atoms with E-state index in [1.807, 2.05) is 0 Å². The molecule has 0 spiro atoms. The molecule has 0 aromatic heterocycles. The van der Waals surface area contributed by atoms with Crippen molar-refractivity contribution in [2.45, 2.75) is 38.3 Å². The van der Waals surface area contributed by atoms with Gasteiger partial charge >= 0.3 is 5.97 Å². The van der Waals surface area contributed by atoms with E-state index in [0.29, 0.717) is 5.75 Å². The predicted octanol–water partition coefficient (Wildman–Crippen LogP) is 1.65. The average Bonchev–Trinajstić information content (AvgIpc) is 2.12. The number of alkyl halides is 2. The minimum absolute atomic E-state index is 0.0859. The Morgan fingerprint density at radius 3 is 2.40 bits per heavy atom. The van der Waals surface area contributed by atoms with E-state index in [2.05, 4.69) is 0 Å². The van der Waals surface area contributed by atoms with Crippen LogP contribution in [0.4, 0.5) is 8.78 Å².